The van der Waals surface area contributed by atoms with Crippen LogP contribution in [0.5, 0.6) is 0 Å². The highest BCUT2D eigenvalue weighted by Gasteiger charge is 2.49. The molecule has 0 aliphatic heterocycles. The van der Waals surface area contributed by atoms with E-state index in [4.69, 9.17) is 9.47 Å². The van der Waals surface area contributed by atoms with Gasteiger partial charge in [0, 0.05) is 19.1 Å². The second kappa shape index (κ2) is 5.50. The minimum absolute atomic E-state index is 0.348. The Morgan fingerprint density at radius 3 is 2.50 bits per heavy atom. The highest BCUT2D eigenvalue weighted by atomic mass is 16.5. The average molecular weight is 226 g/mol. The molecule has 0 aromatic heterocycles. The summed E-state index contributed by atoms with van der Waals surface area (Å²) in [5.41, 5.74) is 0.348. The summed E-state index contributed by atoms with van der Waals surface area (Å²) in [7, 11) is 1.88. The van der Waals surface area contributed by atoms with Crippen molar-refractivity contribution in [3.63, 3.8) is 0 Å². The van der Waals surface area contributed by atoms with Gasteiger partial charge in [0.2, 0.25) is 0 Å². The lowest BCUT2D eigenvalue weighted by Gasteiger charge is -2.40. The molecule has 0 spiro atoms. The van der Waals surface area contributed by atoms with Gasteiger partial charge in [-0.3, -0.25) is 0 Å². The summed E-state index contributed by atoms with van der Waals surface area (Å²) in [5, 5.41) is 0. The van der Waals surface area contributed by atoms with Gasteiger partial charge in [0.1, 0.15) is 0 Å². The van der Waals surface area contributed by atoms with Gasteiger partial charge in [-0.2, -0.15) is 0 Å². The molecule has 0 amide bonds. The molecule has 2 atom stereocenters. The second-order valence-electron chi connectivity index (χ2n) is 5.47. The zero-order valence-electron chi connectivity index (χ0n) is 10.8. The van der Waals surface area contributed by atoms with E-state index in [-0.39, 0.29) is 0 Å². The van der Waals surface area contributed by atoms with Gasteiger partial charge in [0.05, 0.1) is 12.7 Å². The van der Waals surface area contributed by atoms with Gasteiger partial charge in [-0.1, -0.05) is 19.3 Å². The summed E-state index contributed by atoms with van der Waals surface area (Å²) in [6, 6.07) is 0. The Hall–Kier alpha value is -0.0800. The first kappa shape index (κ1) is 12.4. The fraction of sp³-hybridized carbons (Fsp3) is 1.00. The highest BCUT2D eigenvalue weighted by Crippen LogP contribution is 2.51. The van der Waals surface area contributed by atoms with Crippen LogP contribution in [-0.2, 0) is 9.47 Å². The van der Waals surface area contributed by atoms with E-state index >= 15 is 0 Å². The third-order valence-electron chi connectivity index (χ3n) is 4.78. The standard InChI is InChI=1S/C14H26O2/c1-3-16-11-14(12-7-4-5-8-12)10-6-9-13(14)15-2/h12-13H,3-11H2,1-2H3. The van der Waals surface area contributed by atoms with E-state index in [0.29, 0.717) is 11.5 Å². The van der Waals surface area contributed by atoms with Crippen LogP contribution in [0.25, 0.3) is 0 Å². The molecule has 2 rings (SSSR count). The molecular formula is C14H26O2. The molecule has 0 N–H and O–H groups in total. The van der Waals surface area contributed by atoms with Crippen LogP contribution < -0.4 is 0 Å². The first-order chi connectivity index (χ1) is 7.83. The molecule has 2 nitrogen and oxygen atoms in total. The maximum Gasteiger partial charge on any atom is 0.0652 e. The molecule has 16 heavy (non-hydrogen) atoms. The molecule has 2 unspecified atom stereocenters. The smallest absolute Gasteiger partial charge is 0.0652 e. The lowest BCUT2D eigenvalue weighted by molar-refractivity contribution is -0.0759. The molecule has 2 fully saturated rings. The topological polar surface area (TPSA) is 18.5 Å². The molecule has 0 heterocycles. The van der Waals surface area contributed by atoms with Gasteiger partial charge < -0.3 is 9.47 Å². The van der Waals surface area contributed by atoms with E-state index in [1.54, 1.807) is 0 Å². The van der Waals surface area contributed by atoms with Crippen molar-refractivity contribution < 1.29 is 9.47 Å². The van der Waals surface area contributed by atoms with Crippen LogP contribution in [0.1, 0.15) is 51.9 Å². The first-order valence-corrected chi connectivity index (χ1v) is 6.94. The number of hydrogen-bond donors (Lipinski definition) is 0. The van der Waals surface area contributed by atoms with Crippen molar-refractivity contribution in [2.45, 2.75) is 58.0 Å². The van der Waals surface area contributed by atoms with Crippen molar-refractivity contribution in [2.24, 2.45) is 11.3 Å². The predicted octanol–water partition coefficient (Wildman–Crippen LogP) is 3.40. The quantitative estimate of drug-likeness (QED) is 0.715. The van der Waals surface area contributed by atoms with E-state index in [1.165, 1.54) is 44.9 Å². The molecule has 94 valence electrons. The predicted molar refractivity (Wildman–Crippen MR) is 65.5 cm³/mol. The van der Waals surface area contributed by atoms with Crippen LogP contribution in [0, 0.1) is 11.3 Å². The summed E-state index contributed by atoms with van der Waals surface area (Å²) < 4.78 is 11.5. The van der Waals surface area contributed by atoms with Crippen LogP contribution >= 0.6 is 0 Å². The molecule has 2 heteroatoms. The molecule has 2 aliphatic carbocycles. The zero-order chi connectivity index (χ0) is 11.4. The van der Waals surface area contributed by atoms with Gasteiger partial charge in [-0.05, 0) is 38.5 Å². The largest absolute Gasteiger partial charge is 0.381 e. The summed E-state index contributed by atoms with van der Waals surface area (Å²) in [6.07, 6.45) is 9.93. The third kappa shape index (κ3) is 2.14. The fourth-order valence-electron chi connectivity index (χ4n) is 3.96. The number of ether oxygens (including phenoxy) is 2. The molecule has 2 saturated carbocycles. The lowest BCUT2D eigenvalue weighted by Crippen LogP contribution is -2.42. The van der Waals surface area contributed by atoms with Gasteiger partial charge in [0.25, 0.3) is 0 Å². The van der Waals surface area contributed by atoms with Gasteiger partial charge in [-0.15, -0.1) is 0 Å². The number of rotatable bonds is 5. The maximum absolute atomic E-state index is 5.79. The summed E-state index contributed by atoms with van der Waals surface area (Å²) in [4.78, 5) is 0. The normalized spacial score (nSPS) is 36.0. The second-order valence-corrected chi connectivity index (χ2v) is 5.47. The Morgan fingerprint density at radius 2 is 1.88 bits per heavy atom. The van der Waals surface area contributed by atoms with Gasteiger partial charge >= 0.3 is 0 Å². The minimum atomic E-state index is 0.348. The first-order valence-electron chi connectivity index (χ1n) is 6.94. The van der Waals surface area contributed by atoms with E-state index < -0.39 is 0 Å². The summed E-state index contributed by atoms with van der Waals surface area (Å²) >= 11 is 0. The monoisotopic (exact) mass is 226 g/mol. The van der Waals surface area contributed by atoms with E-state index in [1.807, 2.05) is 7.11 Å². The Bertz CT molecular complexity index is 211. The van der Waals surface area contributed by atoms with Crippen molar-refractivity contribution in [3.8, 4) is 0 Å². The summed E-state index contributed by atoms with van der Waals surface area (Å²) in [6.45, 7) is 3.86. The average Bonchev–Trinajstić information content (AvgIpc) is 2.95. The Kier molecular flexibility index (Phi) is 4.26. The minimum Gasteiger partial charge on any atom is -0.381 e. The number of methoxy groups -OCH3 is 1. The molecule has 2 aliphatic rings. The molecule has 0 radical (unpaired) electrons. The van der Waals surface area contributed by atoms with E-state index in [2.05, 4.69) is 6.92 Å². The lowest BCUT2D eigenvalue weighted by atomic mass is 9.72. The SMILES string of the molecule is CCOCC1(C2CCCC2)CCCC1OC. The third-order valence-corrected chi connectivity index (χ3v) is 4.78. The zero-order valence-corrected chi connectivity index (χ0v) is 10.8. The molecule has 0 bridgehead atoms. The van der Waals surface area contributed by atoms with E-state index in [0.717, 1.165) is 19.1 Å². The van der Waals surface area contributed by atoms with Gasteiger partial charge in [-0.25, -0.2) is 0 Å². The Morgan fingerprint density at radius 1 is 1.12 bits per heavy atom. The van der Waals surface area contributed by atoms with E-state index in [9.17, 15) is 0 Å². The van der Waals surface area contributed by atoms with Crippen molar-refractivity contribution in [1.29, 1.82) is 0 Å². The van der Waals surface area contributed by atoms with Crippen LogP contribution in [0.3, 0.4) is 0 Å². The van der Waals surface area contributed by atoms with Crippen LogP contribution in [0.2, 0.25) is 0 Å². The van der Waals surface area contributed by atoms with Crippen molar-refractivity contribution in [1.82, 2.24) is 0 Å². The van der Waals surface area contributed by atoms with Crippen molar-refractivity contribution in [2.75, 3.05) is 20.3 Å². The highest BCUT2D eigenvalue weighted by molar-refractivity contribution is 4.99. The van der Waals surface area contributed by atoms with Crippen LogP contribution in [-0.4, -0.2) is 26.4 Å². The fourth-order valence-corrected chi connectivity index (χ4v) is 3.96. The number of hydrogen-bond acceptors (Lipinski definition) is 2. The Labute approximate surface area is 99.7 Å². The molecule has 0 aromatic carbocycles. The van der Waals surface area contributed by atoms with Crippen molar-refractivity contribution in [3.05, 3.63) is 0 Å². The van der Waals surface area contributed by atoms with Gasteiger partial charge in [0.15, 0.2) is 0 Å². The maximum atomic E-state index is 5.79. The van der Waals surface area contributed by atoms with Crippen molar-refractivity contribution >= 4 is 0 Å². The molecule has 0 aromatic rings. The summed E-state index contributed by atoms with van der Waals surface area (Å²) in [5.74, 6) is 0.853. The molecular weight excluding hydrogens is 200 g/mol. The molecule has 0 saturated heterocycles. The Balaban J connectivity index is 2.10. The van der Waals surface area contributed by atoms with Crippen LogP contribution in [0.4, 0.5) is 0 Å². The van der Waals surface area contributed by atoms with Crippen LogP contribution in [0.15, 0.2) is 0 Å².